The molecule has 1 saturated heterocycles. The van der Waals surface area contributed by atoms with E-state index in [4.69, 9.17) is 4.74 Å². The first-order valence-electron chi connectivity index (χ1n) is 5.94. The molecule has 1 nitrogen and oxygen atoms in total. The Morgan fingerprint density at radius 3 is 2.50 bits per heavy atom. The van der Waals surface area contributed by atoms with Crippen LogP contribution in [-0.2, 0) is 10.9 Å². The summed E-state index contributed by atoms with van der Waals surface area (Å²) in [6.07, 6.45) is -2.36. The molecular formula is C13H14F4O. The third-order valence-electron chi connectivity index (χ3n) is 3.23. The maximum Gasteiger partial charge on any atom is 0.419 e. The molecule has 0 radical (unpaired) electrons. The predicted octanol–water partition coefficient (Wildman–Crippen LogP) is 4.47. The molecule has 1 fully saturated rings. The fourth-order valence-corrected chi connectivity index (χ4v) is 2.21. The Morgan fingerprint density at radius 2 is 2.00 bits per heavy atom. The molecule has 5 heteroatoms. The summed E-state index contributed by atoms with van der Waals surface area (Å²) in [6.45, 7) is 1.99. The molecule has 1 heterocycles. The van der Waals surface area contributed by atoms with Gasteiger partial charge in [-0.25, -0.2) is 4.39 Å². The first-order chi connectivity index (χ1) is 8.41. The van der Waals surface area contributed by atoms with Crippen LogP contribution in [0.4, 0.5) is 17.6 Å². The topological polar surface area (TPSA) is 9.23 Å². The van der Waals surface area contributed by atoms with Gasteiger partial charge in [0, 0.05) is 0 Å². The zero-order valence-electron chi connectivity index (χ0n) is 9.93. The highest BCUT2D eigenvalue weighted by atomic mass is 19.4. The molecule has 1 aliphatic rings. The van der Waals surface area contributed by atoms with E-state index < -0.39 is 17.6 Å². The molecule has 18 heavy (non-hydrogen) atoms. The highest BCUT2D eigenvalue weighted by Crippen LogP contribution is 2.37. The number of alkyl halides is 3. The van der Waals surface area contributed by atoms with Crippen LogP contribution in [0.25, 0.3) is 0 Å². The second-order valence-electron chi connectivity index (χ2n) is 4.47. The number of rotatable bonds is 2. The van der Waals surface area contributed by atoms with Gasteiger partial charge in [-0.15, -0.1) is 0 Å². The van der Waals surface area contributed by atoms with E-state index in [-0.39, 0.29) is 12.2 Å². The molecule has 0 N–H and O–H groups in total. The molecule has 1 aromatic rings. The lowest BCUT2D eigenvalue weighted by atomic mass is 10.0. The van der Waals surface area contributed by atoms with Gasteiger partial charge in [0.25, 0.3) is 0 Å². The summed E-state index contributed by atoms with van der Waals surface area (Å²) in [5.41, 5.74) is -0.743. The first kappa shape index (κ1) is 13.3. The van der Waals surface area contributed by atoms with Gasteiger partial charge in [0.1, 0.15) is 5.82 Å². The molecule has 2 atom stereocenters. The number of hydrogen-bond acceptors (Lipinski definition) is 1. The van der Waals surface area contributed by atoms with Gasteiger partial charge >= 0.3 is 6.18 Å². The van der Waals surface area contributed by atoms with Crippen LogP contribution in [0.2, 0.25) is 0 Å². The molecule has 0 amide bonds. The summed E-state index contributed by atoms with van der Waals surface area (Å²) in [7, 11) is 0. The number of benzene rings is 1. The van der Waals surface area contributed by atoms with Gasteiger partial charge in [-0.3, -0.25) is 0 Å². The second-order valence-corrected chi connectivity index (χ2v) is 4.47. The van der Waals surface area contributed by atoms with Gasteiger partial charge in [-0.05, 0) is 37.0 Å². The van der Waals surface area contributed by atoms with Crippen LogP contribution in [0.5, 0.6) is 0 Å². The van der Waals surface area contributed by atoms with Crippen molar-refractivity contribution in [1.82, 2.24) is 0 Å². The van der Waals surface area contributed by atoms with E-state index in [1.54, 1.807) is 0 Å². The van der Waals surface area contributed by atoms with Gasteiger partial charge in [-0.2, -0.15) is 13.2 Å². The summed E-state index contributed by atoms with van der Waals surface area (Å²) in [4.78, 5) is 0. The molecule has 0 unspecified atom stereocenters. The fourth-order valence-electron chi connectivity index (χ4n) is 2.21. The molecule has 0 saturated carbocycles. The van der Waals surface area contributed by atoms with E-state index in [2.05, 4.69) is 0 Å². The quantitative estimate of drug-likeness (QED) is 0.714. The van der Waals surface area contributed by atoms with Crippen molar-refractivity contribution in [1.29, 1.82) is 0 Å². The summed E-state index contributed by atoms with van der Waals surface area (Å²) in [5, 5.41) is 0. The second kappa shape index (κ2) is 4.88. The molecule has 0 spiro atoms. The summed E-state index contributed by atoms with van der Waals surface area (Å²) in [6, 6.07) is 3.02. The van der Waals surface area contributed by atoms with Crippen molar-refractivity contribution < 1.29 is 22.3 Å². The highest BCUT2D eigenvalue weighted by Gasteiger charge is 2.35. The third-order valence-corrected chi connectivity index (χ3v) is 3.23. The van der Waals surface area contributed by atoms with Gasteiger partial charge in [0.15, 0.2) is 0 Å². The minimum atomic E-state index is -4.65. The van der Waals surface area contributed by atoms with E-state index in [0.29, 0.717) is 5.56 Å². The minimum Gasteiger partial charge on any atom is -0.370 e. The Hall–Kier alpha value is -1.10. The van der Waals surface area contributed by atoms with Crippen molar-refractivity contribution in [3.8, 4) is 0 Å². The van der Waals surface area contributed by atoms with Crippen molar-refractivity contribution in [2.45, 2.75) is 44.6 Å². The van der Waals surface area contributed by atoms with Gasteiger partial charge in [-0.1, -0.05) is 13.0 Å². The minimum absolute atomic E-state index is 0.125. The molecule has 100 valence electrons. The molecular weight excluding hydrogens is 248 g/mol. The lowest BCUT2D eigenvalue weighted by Gasteiger charge is -2.14. The van der Waals surface area contributed by atoms with Crippen molar-refractivity contribution in [2.75, 3.05) is 0 Å². The Kier molecular flexibility index (Phi) is 3.61. The number of halogens is 4. The average Bonchev–Trinajstić information content (AvgIpc) is 2.75. The largest absolute Gasteiger partial charge is 0.419 e. The van der Waals surface area contributed by atoms with Crippen LogP contribution in [0.3, 0.4) is 0 Å². The van der Waals surface area contributed by atoms with E-state index in [0.717, 1.165) is 31.4 Å². The van der Waals surface area contributed by atoms with E-state index >= 15 is 0 Å². The van der Waals surface area contributed by atoms with Crippen LogP contribution in [0.15, 0.2) is 18.2 Å². The SMILES string of the molecule is CC[C@@H]1CC[C@H](c2ccc(C(F)(F)F)c(F)c2)O1. The van der Waals surface area contributed by atoms with E-state index in [1.807, 2.05) is 6.92 Å². The fraction of sp³-hybridized carbons (Fsp3) is 0.538. The zero-order valence-corrected chi connectivity index (χ0v) is 9.93. The monoisotopic (exact) mass is 262 g/mol. The maximum atomic E-state index is 13.4. The highest BCUT2D eigenvalue weighted by molar-refractivity contribution is 5.28. The molecule has 1 aliphatic heterocycles. The number of hydrogen-bond donors (Lipinski definition) is 0. The Balaban J connectivity index is 2.20. The van der Waals surface area contributed by atoms with Crippen molar-refractivity contribution >= 4 is 0 Å². The molecule has 2 rings (SSSR count). The smallest absolute Gasteiger partial charge is 0.370 e. The standard InChI is InChI=1S/C13H14F4O/c1-2-9-4-6-12(18-9)8-3-5-10(11(14)7-8)13(15,16)17/h3,5,7,9,12H,2,4,6H2,1H3/t9-,12-/m1/s1. The summed E-state index contributed by atoms with van der Waals surface area (Å²) in [5.74, 6) is -1.23. The Morgan fingerprint density at radius 1 is 1.28 bits per heavy atom. The van der Waals surface area contributed by atoms with Crippen LogP contribution >= 0.6 is 0 Å². The predicted molar refractivity (Wildman–Crippen MR) is 58.5 cm³/mol. The van der Waals surface area contributed by atoms with Crippen LogP contribution in [0, 0.1) is 5.82 Å². The average molecular weight is 262 g/mol. The lowest BCUT2D eigenvalue weighted by Crippen LogP contribution is -2.10. The van der Waals surface area contributed by atoms with Gasteiger partial charge < -0.3 is 4.74 Å². The molecule has 1 aromatic carbocycles. The Labute approximate surface area is 103 Å². The van der Waals surface area contributed by atoms with E-state index in [1.165, 1.54) is 6.07 Å². The maximum absolute atomic E-state index is 13.4. The van der Waals surface area contributed by atoms with Gasteiger partial charge in [0.05, 0.1) is 17.8 Å². The van der Waals surface area contributed by atoms with Crippen molar-refractivity contribution in [2.24, 2.45) is 0 Å². The molecule has 0 bridgehead atoms. The van der Waals surface area contributed by atoms with Crippen LogP contribution in [-0.4, -0.2) is 6.10 Å². The molecule has 0 aromatic heterocycles. The van der Waals surface area contributed by atoms with Gasteiger partial charge in [0.2, 0.25) is 0 Å². The third kappa shape index (κ3) is 2.66. The van der Waals surface area contributed by atoms with Crippen LogP contribution < -0.4 is 0 Å². The Bertz CT molecular complexity index is 427. The normalized spacial score (nSPS) is 24.5. The zero-order chi connectivity index (χ0) is 13.3. The first-order valence-corrected chi connectivity index (χ1v) is 5.94. The number of ether oxygens (including phenoxy) is 1. The van der Waals surface area contributed by atoms with Crippen molar-refractivity contribution in [3.63, 3.8) is 0 Å². The van der Waals surface area contributed by atoms with E-state index in [9.17, 15) is 17.6 Å². The van der Waals surface area contributed by atoms with Crippen LogP contribution in [0.1, 0.15) is 43.4 Å². The lowest BCUT2D eigenvalue weighted by molar-refractivity contribution is -0.140. The molecule has 0 aliphatic carbocycles. The summed E-state index contributed by atoms with van der Waals surface area (Å²) >= 11 is 0. The summed E-state index contributed by atoms with van der Waals surface area (Å²) < 4.78 is 56.2. The van der Waals surface area contributed by atoms with Crippen molar-refractivity contribution in [3.05, 3.63) is 35.1 Å².